The summed E-state index contributed by atoms with van der Waals surface area (Å²) in [5.74, 6) is 0.0577. The number of halogens is 3. The minimum absolute atomic E-state index is 0.0799. The molecule has 0 saturated carbocycles. The van der Waals surface area contributed by atoms with Crippen molar-refractivity contribution in [3.05, 3.63) is 77.4 Å². The van der Waals surface area contributed by atoms with Crippen molar-refractivity contribution in [2.75, 3.05) is 18.4 Å². The molecule has 3 aromatic carbocycles. The summed E-state index contributed by atoms with van der Waals surface area (Å²) in [7, 11) is -3.16. The number of hydrogen-bond acceptors (Lipinski definition) is 5. The number of methoxy groups -OCH3 is 1. The Hall–Kier alpha value is -3.53. The number of hydrogen-bond donors (Lipinski definition) is 1. The normalized spacial score (nSPS) is 13.2. The first-order chi connectivity index (χ1) is 15.6. The van der Waals surface area contributed by atoms with E-state index in [1.165, 1.54) is 37.4 Å². The number of nitrogens with one attached hydrogen (secondary N) is 1. The van der Waals surface area contributed by atoms with Crippen LogP contribution in [0.3, 0.4) is 0 Å². The van der Waals surface area contributed by atoms with Gasteiger partial charge in [0.1, 0.15) is 5.75 Å². The van der Waals surface area contributed by atoms with Crippen molar-refractivity contribution in [2.45, 2.75) is 17.5 Å². The van der Waals surface area contributed by atoms with Crippen LogP contribution in [-0.4, -0.2) is 28.1 Å². The zero-order valence-corrected chi connectivity index (χ0v) is 18.1. The SMILES string of the molecule is COC(=O)c1ccc(NS(=O)(=O)c2cc(-c3ccc4c(c3)CCO4)cc(C(F)(F)F)c2)cc1. The molecule has 0 fully saturated rings. The molecule has 0 atom stereocenters. The second-order valence-corrected chi connectivity index (χ2v) is 9.02. The lowest BCUT2D eigenvalue weighted by Gasteiger charge is -2.14. The Morgan fingerprint density at radius 3 is 2.39 bits per heavy atom. The van der Waals surface area contributed by atoms with Crippen LogP contribution in [0.5, 0.6) is 5.75 Å². The molecule has 10 heteroatoms. The fourth-order valence-corrected chi connectivity index (χ4v) is 4.59. The van der Waals surface area contributed by atoms with Crippen LogP contribution < -0.4 is 9.46 Å². The highest BCUT2D eigenvalue weighted by atomic mass is 32.2. The van der Waals surface area contributed by atoms with Gasteiger partial charge in [-0.1, -0.05) is 6.07 Å². The lowest BCUT2D eigenvalue weighted by Crippen LogP contribution is -2.15. The van der Waals surface area contributed by atoms with Gasteiger partial charge < -0.3 is 9.47 Å². The topological polar surface area (TPSA) is 81.7 Å². The summed E-state index contributed by atoms with van der Waals surface area (Å²) in [5.41, 5.74) is 0.597. The van der Waals surface area contributed by atoms with E-state index in [9.17, 15) is 26.4 Å². The van der Waals surface area contributed by atoms with Gasteiger partial charge in [0.25, 0.3) is 10.0 Å². The largest absolute Gasteiger partial charge is 0.493 e. The second kappa shape index (κ2) is 8.43. The first kappa shape index (κ1) is 22.7. The molecule has 6 nitrogen and oxygen atoms in total. The van der Waals surface area contributed by atoms with Crippen molar-refractivity contribution >= 4 is 21.7 Å². The summed E-state index contributed by atoms with van der Waals surface area (Å²) in [6.45, 7) is 0.486. The monoisotopic (exact) mass is 477 g/mol. The summed E-state index contributed by atoms with van der Waals surface area (Å²) < 4.78 is 78.9. The molecule has 1 N–H and O–H groups in total. The van der Waals surface area contributed by atoms with E-state index in [2.05, 4.69) is 9.46 Å². The van der Waals surface area contributed by atoms with Gasteiger partial charge in [-0.05, 0) is 71.3 Å². The molecule has 33 heavy (non-hydrogen) atoms. The number of carbonyl (C=O) groups excluding carboxylic acids is 1. The third-order valence-corrected chi connectivity index (χ3v) is 6.49. The highest BCUT2D eigenvalue weighted by molar-refractivity contribution is 7.92. The number of anilines is 1. The zero-order valence-electron chi connectivity index (χ0n) is 17.3. The standard InChI is InChI=1S/C23H18F3NO5S/c1-31-22(28)14-2-5-19(6-3-14)27-33(29,30)20-12-17(11-18(13-20)23(24,25)26)15-4-7-21-16(10-15)8-9-32-21/h2-7,10-13,27H,8-9H2,1H3. The van der Waals surface area contributed by atoms with Gasteiger partial charge in [-0.15, -0.1) is 0 Å². The number of sulfonamides is 1. The Morgan fingerprint density at radius 1 is 1.00 bits per heavy atom. The van der Waals surface area contributed by atoms with Gasteiger partial charge >= 0.3 is 12.1 Å². The molecule has 0 amide bonds. The lowest BCUT2D eigenvalue weighted by molar-refractivity contribution is -0.137. The minimum Gasteiger partial charge on any atom is -0.493 e. The number of ether oxygens (including phenoxy) is 2. The van der Waals surface area contributed by atoms with Crippen molar-refractivity contribution in [3.63, 3.8) is 0 Å². The van der Waals surface area contributed by atoms with Crippen molar-refractivity contribution in [1.82, 2.24) is 0 Å². The number of esters is 1. The van der Waals surface area contributed by atoms with Gasteiger partial charge in [0, 0.05) is 12.1 Å². The van der Waals surface area contributed by atoms with Crippen molar-refractivity contribution in [2.24, 2.45) is 0 Å². The van der Waals surface area contributed by atoms with Gasteiger partial charge in [-0.25, -0.2) is 13.2 Å². The van der Waals surface area contributed by atoms with E-state index in [0.29, 0.717) is 30.4 Å². The van der Waals surface area contributed by atoms with Crippen LogP contribution in [0.1, 0.15) is 21.5 Å². The van der Waals surface area contributed by atoms with Crippen LogP contribution >= 0.6 is 0 Å². The molecular weight excluding hydrogens is 459 g/mol. The first-order valence-corrected chi connectivity index (χ1v) is 11.2. The number of fused-ring (bicyclic) bond motifs is 1. The smallest absolute Gasteiger partial charge is 0.416 e. The number of benzene rings is 3. The molecule has 4 rings (SSSR count). The highest BCUT2D eigenvalue weighted by Gasteiger charge is 2.33. The fourth-order valence-electron chi connectivity index (χ4n) is 3.46. The maximum atomic E-state index is 13.6. The summed E-state index contributed by atoms with van der Waals surface area (Å²) in [5, 5.41) is 0. The van der Waals surface area contributed by atoms with Gasteiger partial charge in [0.05, 0.1) is 29.7 Å². The Labute approximate surface area is 188 Å². The Morgan fingerprint density at radius 2 is 1.73 bits per heavy atom. The molecule has 172 valence electrons. The highest BCUT2D eigenvalue weighted by Crippen LogP contribution is 2.37. The van der Waals surface area contributed by atoms with Gasteiger partial charge in [0.15, 0.2) is 0 Å². The summed E-state index contributed by atoms with van der Waals surface area (Å²) in [6, 6.07) is 13.0. The van der Waals surface area contributed by atoms with E-state index in [0.717, 1.165) is 11.6 Å². The fraction of sp³-hybridized carbons (Fsp3) is 0.174. The van der Waals surface area contributed by atoms with E-state index < -0.39 is 32.6 Å². The predicted molar refractivity (Wildman–Crippen MR) is 115 cm³/mol. The van der Waals surface area contributed by atoms with E-state index in [-0.39, 0.29) is 16.8 Å². The van der Waals surface area contributed by atoms with Crippen LogP contribution in [0.4, 0.5) is 18.9 Å². The molecule has 0 bridgehead atoms. The third kappa shape index (κ3) is 4.80. The third-order valence-electron chi connectivity index (χ3n) is 5.13. The van der Waals surface area contributed by atoms with Gasteiger partial charge in [0.2, 0.25) is 0 Å². The van der Waals surface area contributed by atoms with Gasteiger partial charge in [-0.2, -0.15) is 13.2 Å². The molecular formula is C23H18F3NO5S. The van der Waals surface area contributed by atoms with E-state index in [1.54, 1.807) is 18.2 Å². The van der Waals surface area contributed by atoms with Crippen molar-refractivity contribution in [3.8, 4) is 16.9 Å². The van der Waals surface area contributed by atoms with Gasteiger partial charge in [-0.3, -0.25) is 4.72 Å². The van der Waals surface area contributed by atoms with Crippen LogP contribution in [-0.2, 0) is 27.4 Å². The summed E-state index contributed by atoms with van der Waals surface area (Å²) in [4.78, 5) is 11.0. The van der Waals surface area contributed by atoms with Crippen LogP contribution in [0, 0.1) is 0 Å². The maximum absolute atomic E-state index is 13.6. The molecule has 1 heterocycles. The molecule has 1 aliphatic heterocycles. The molecule has 1 aliphatic rings. The minimum atomic E-state index is -4.75. The molecule has 0 aromatic heterocycles. The molecule has 0 radical (unpaired) electrons. The van der Waals surface area contributed by atoms with E-state index in [1.807, 2.05) is 0 Å². The average Bonchev–Trinajstić information content (AvgIpc) is 3.26. The van der Waals surface area contributed by atoms with Crippen molar-refractivity contribution in [1.29, 1.82) is 0 Å². The Kier molecular flexibility index (Phi) is 5.79. The average molecular weight is 477 g/mol. The molecule has 0 unspecified atom stereocenters. The molecule has 3 aromatic rings. The number of carbonyl (C=O) groups is 1. The maximum Gasteiger partial charge on any atom is 0.416 e. The summed E-state index contributed by atoms with van der Waals surface area (Å²) in [6.07, 6.45) is -4.13. The van der Waals surface area contributed by atoms with Crippen LogP contribution in [0.15, 0.2) is 65.6 Å². The Bertz CT molecular complexity index is 1320. The van der Waals surface area contributed by atoms with Crippen LogP contribution in [0.2, 0.25) is 0 Å². The Balaban J connectivity index is 1.73. The quantitative estimate of drug-likeness (QED) is 0.529. The lowest BCUT2D eigenvalue weighted by atomic mass is 10.00. The van der Waals surface area contributed by atoms with Crippen LogP contribution in [0.25, 0.3) is 11.1 Å². The zero-order chi connectivity index (χ0) is 23.8. The molecule has 0 spiro atoms. The molecule has 0 aliphatic carbocycles. The van der Waals surface area contributed by atoms with E-state index >= 15 is 0 Å². The van der Waals surface area contributed by atoms with E-state index in [4.69, 9.17) is 4.74 Å². The number of rotatable bonds is 5. The second-order valence-electron chi connectivity index (χ2n) is 7.34. The summed E-state index contributed by atoms with van der Waals surface area (Å²) >= 11 is 0. The van der Waals surface area contributed by atoms with Crippen molar-refractivity contribution < 1.29 is 35.9 Å². The predicted octanol–water partition coefficient (Wildman–Crippen LogP) is 4.89. The first-order valence-electron chi connectivity index (χ1n) is 9.76. The number of alkyl halides is 3. The molecule has 0 saturated heterocycles.